The predicted octanol–water partition coefficient (Wildman–Crippen LogP) is 5.31. The maximum absolute atomic E-state index is 12.2. The number of rotatable bonds is 7. The quantitative estimate of drug-likeness (QED) is 0.382. The highest BCUT2D eigenvalue weighted by atomic mass is 35.5. The van der Waals surface area contributed by atoms with Crippen LogP contribution in [0.15, 0.2) is 60.7 Å². The molecule has 3 aromatic rings. The fourth-order valence-electron chi connectivity index (χ4n) is 2.84. The number of anilines is 1. The predicted molar refractivity (Wildman–Crippen MR) is 124 cm³/mol. The molecule has 1 heterocycles. The lowest BCUT2D eigenvalue weighted by molar-refractivity contribution is 0.0602. The van der Waals surface area contributed by atoms with Crippen molar-refractivity contribution >= 4 is 51.2 Å². The first-order valence-electron chi connectivity index (χ1n) is 9.09. The molecule has 1 aromatic heterocycles. The van der Waals surface area contributed by atoms with Gasteiger partial charge in [-0.15, -0.1) is 11.3 Å². The van der Waals surface area contributed by atoms with Crippen LogP contribution in [-0.2, 0) is 17.6 Å². The molecule has 0 saturated carbocycles. The highest BCUT2D eigenvalue weighted by Gasteiger charge is 2.18. The van der Waals surface area contributed by atoms with Crippen molar-refractivity contribution in [2.75, 3.05) is 19.0 Å². The van der Waals surface area contributed by atoms with Crippen molar-refractivity contribution in [3.63, 3.8) is 0 Å². The van der Waals surface area contributed by atoms with Crippen molar-refractivity contribution in [1.82, 2.24) is 5.32 Å². The van der Waals surface area contributed by atoms with Gasteiger partial charge in [-0.3, -0.25) is 0 Å². The standard InChI is InChI=1S/C22H21ClN2O2S2/c1-27-21(26)19-14-18(13-15-6-3-2-4-7-15)29-20(19)25-22(28)24-11-10-16-8-5-9-17(23)12-16/h2-9,12,14H,10-11,13H2,1H3,(H2,24,25,28). The lowest BCUT2D eigenvalue weighted by Crippen LogP contribution is -2.30. The largest absolute Gasteiger partial charge is 0.465 e. The molecule has 4 nitrogen and oxygen atoms in total. The van der Waals surface area contributed by atoms with Crippen molar-refractivity contribution in [3.8, 4) is 0 Å². The van der Waals surface area contributed by atoms with Gasteiger partial charge in [-0.1, -0.05) is 54.1 Å². The molecule has 0 aliphatic rings. The van der Waals surface area contributed by atoms with Crippen LogP contribution in [0.5, 0.6) is 0 Å². The van der Waals surface area contributed by atoms with E-state index in [1.807, 2.05) is 48.5 Å². The van der Waals surface area contributed by atoms with Crippen molar-refractivity contribution in [2.24, 2.45) is 0 Å². The molecule has 2 aromatic carbocycles. The Labute approximate surface area is 184 Å². The number of benzene rings is 2. The fraction of sp³-hybridized carbons (Fsp3) is 0.182. The van der Waals surface area contributed by atoms with E-state index >= 15 is 0 Å². The summed E-state index contributed by atoms with van der Waals surface area (Å²) in [4.78, 5) is 13.2. The van der Waals surface area contributed by atoms with Crippen molar-refractivity contribution in [2.45, 2.75) is 12.8 Å². The Morgan fingerprint density at radius 3 is 2.59 bits per heavy atom. The Morgan fingerprint density at radius 1 is 1.10 bits per heavy atom. The molecule has 3 rings (SSSR count). The smallest absolute Gasteiger partial charge is 0.340 e. The second-order valence-electron chi connectivity index (χ2n) is 6.37. The van der Waals surface area contributed by atoms with E-state index in [1.54, 1.807) is 0 Å². The highest BCUT2D eigenvalue weighted by molar-refractivity contribution is 7.80. The van der Waals surface area contributed by atoms with Crippen LogP contribution in [-0.4, -0.2) is 24.7 Å². The van der Waals surface area contributed by atoms with Gasteiger partial charge in [0, 0.05) is 22.9 Å². The van der Waals surface area contributed by atoms with Crippen LogP contribution in [0.3, 0.4) is 0 Å². The molecule has 29 heavy (non-hydrogen) atoms. The lowest BCUT2D eigenvalue weighted by Gasteiger charge is -2.10. The topological polar surface area (TPSA) is 50.4 Å². The number of halogens is 1. The Balaban J connectivity index is 1.63. The molecule has 0 fully saturated rings. The van der Waals surface area contributed by atoms with Gasteiger partial charge in [-0.05, 0) is 48.0 Å². The van der Waals surface area contributed by atoms with Crippen LogP contribution >= 0.6 is 35.2 Å². The lowest BCUT2D eigenvalue weighted by atomic mass is 10.1. The van der Waals surface area contributed by atoms with Crippen LogP contribution in [0, 0.1) is 0 Å². The van der Waals surface area contributed by atoms with Crippen LogP contribution in [0.25, 0.3) is 0 Å². The van der Waals surface area contributed by atoms with E-state index < -0.39 is 0 Å². The molecule has 0 unspecified atom stereocenters. The number of methoxy groups -OCH3 is 1. The summed E-state index contributed by atoms with van der Waals surface area (Å²) >= 11 is 12.9. The first kappa shape index (κ1) is 21.3. The molecule has 0 aliphatic carbocycles. The SMILES string of the molecule is COC(=O)c1cc(Cc2ccccc2)sc1NC(=S)NCCc1cccc(Cl)c1. The van der Waals surface area contributed by atoms with E-state index in [4.69, 9.17) is 28.6 Å². The minimum absolute atomic E-state index is 0.384. The van der Waals surface area contributed by atoms with Crippen molar-refractivity contribution < 1.29 is 9.53 Å². The molecule has 2 N–H and O–H groups in total. The van der Waals surface area contributed by atoms with Gasteiger partial charge in [-0.2, -0.15) is 0 Å². The van der Waals surface area contributed by atoms with E-state index in [-0.39, 0.29) is 5.97 Å². The summed E-state index contributed by atoms with van der Waals surface area (Å²) in [6, 6.07) is 19.7. The third-order valence-electron chi connectivity index (χ3n) is 4.22. The van der Waals surface area contributed by atoms with Crippen molar-refractivity contribution in [3.05, 3.63) is 87.3 Å². The van der Waals surface area contributed by atoms with Gasteiger partial charge in [0.25, 0.3) is 0 Å². The summed E-state index contributed by atoms with van der Waals surface area (Å²) in [6.45, 7) is 0.655. The Morgan fingerprint density at radius 2 is 1.86 bits per heavy atom. The van der Waals surface area contributed by atoms with E-state index in [2.05, 4.69) is 22.8 Å². The van der Waals surface area contributed by atoms with Crippen molar-refractivity contribution in [1.29, 1.82) is 0 Å². The average Bonchev–Trinajstić information content (AvgIpc) is 3.10. The van der Waals surface area contributed by atoms with E-state index in [1.165, 1.54) is 24.0 Å². The van der Waals surface area contributed by atoms with Gasteiger partial charge in [0.15, 0.2) is 5.11 Å². The first-order chi connectivity index (χ1) is 14.0. The summed E-state index contributed by atoms with van der Waals surface area (Å²) in [6.07, 6.45) is 1.53. The number of esters is 1. The molecule has 0 bridgehead atoms. The molecule has 0 amide bonds. The molecule has 0 radical (unpaired) electrons. The zero-order valence-electron chi connectivity index (χ0n) is 15.9. The average molecular weight is 445 g/mol. The number of carbonyl (C=O) groups is 1. The molecule has 0 saturated heterocycles. The molecular formula is C22H21ClN2O2S2. The van der Waals surface area contributed by atoms with Gasteiger partial charge >= 0.3 is 5.97 Å². The van der Waals surface area contributed by atoms with Gasteiger partial charge in [0.2, 0.25) is 0 Å². The Bertz CT molecular complexity index is 989. The summed E-state index contributed by atoms with van der Waals surface area (Å²) in [5, 5.41) is 8.18. The van der Waals surface area contributed by atoms with E-state index in [0.717, 1.165) is 28.3 Å². The Hall–Kier alpha value is -2.41. The van der Waals surface area contributed by atoms with Gasteiger partial charge in [0.1, 0.15) is 5.00 Å². The third-order valence-corrected chi connectivity index (χ3v) is 5.76. The number of ether oxygens (including phenoxy) is 1. The number of thiophene rings is 1. The molecule has 0 aliphatic heterocycles. The molecule has 0 spiro atoms. The molecule has 0 atom stereocenters. The van der Waals surface area contributed by atoms with Gasteiger partial charge in [-0.25, -0.2) is 4.79 Å². The van der Waals surface area contributed by atoms with Crippen LogP contribution in [0.1, 0.15) is 26.4 Å². The molecule has 150 valence electrons. The second-order valence-corrected chi connectivity index (χ2v) is 8.35. The maximum Gasteiger partial charge on any atom is 0.340 e. The van der Waals surface area contributed by atoms with Crippen LogP contribution in [0.2, 0.25) is 5.02 Å². The normalized spacial score (nSPS) is 10.4. The number of thiocarbonyl (C=S) groups is 1. The number of carbonyl (C=O) groups excluding carboxylic acids is 1. The summed E-state index contributed by atoms with van der Waals surface area (Å²) < 4.78 is 4.92. The van der Waals surface area contributed by atoms with E-state index in [0.29, 0.717) is 22.2 Å². The number of hydrogen-bond acceptors (Lipinski definition) is 4. The first-order valence-corrected chi connectivity index (χ1v) is 10.7. The third kappa shape index (κ3) is 6.29. The highest BCUT2D eigenvalue weighted by Crippen LogP contribution is 2.30. The van der Waals surface area contributed by atoms with Gasteiger partial charge < -0.3 is 15.4 Å². The van der Waals surface area contributed by atoms with E-state index in [9.17, 15) is 4.79 Å². The summed E-state index contributed by atoms with van der Waals surface area (Å²) in [5.74, 6) is -0.384. The second kappa shape index (κ2) is 10.4. The number of nitrogens with one attached hydrogen (secondary N) is 2. The zero-order chi connectivity index (χ0) is 20.6. The molecule has 7 heteroatoms. The van der Waals surface area contributed by atoms with Gasteiger partial charge in [0.05, 0.1) is 12.7 Å². The van der Waals surface area contributed by atoms with Crippen LogP contribution in [0.4, 0.5) is 5.00 Å². The Kier molecular flexibility index (Phi) is 7.63. The zero-order valence-corrected chi connectivity index (χ0v) is 18.3. The maximum atomic E-state index is 12.2. The fourth-order valence-corrected chi connectivity index (χ4v) is 4.41. The molecular weight excluding hydrogens is 424 g/mol. The minimum atomic E-state index is -0.384. The summed E-state index contributed by atoms with van der Waals surface area (Å²) in [5.41, 5.74) is 2.80. The van der Waals surface area contributed by atoms with Crippen LogP contribution < -0.4 is 10.6 Å². The monoisotopic (exact) mass is 444 g/mol. The number of hydrogen-bond donors (Lipinski definition) is 2. The summed E-state index contributed by atoms with van der Waals surface area (Å²) in [7, 11) is 1.38. The minimum Gasteiger partial charge on any atom is -0.465 e.